The van der Waals surface area contributed by atoms with Crippen molar-refractivity contribution in [3.8, 4) is 0 Å². The Hall–Kier alpha value is -3.71. The van der Waals surface area contributed by atoms with Crippen LogP contribution in [0.15, 0.2) is 24.8 Å². The van der Waals surface area contributed by atoms with Gasteiger partial charge in [-0.3, -0.25) is 9.48 Å². The highest BCUT2D eigenvalue weighted by molar-refractivity contribution is 5.91. The van der Waals surface area contributed by atoms with Crippen molar-refractivity contribution >= 4 is 29.4 Å². The van der Waals surface area contributed by atoms with Gasteiger partial charge >= 0.3 is 18.1 Å². The Labute approximate surface area is 160 Å². The molecular formula is C15H15F3N6O5. The number of carboxylic acids is 2. The number of nitrogens with one attached hydrogen (secondary N) is 2. The third kappa shape index (κ3) is 6.15. The standard InChI is InChI=1S/C13H14N6O3.C2HF3O2/c20-10-2-1-9(6-16-10)19-7-8(5-17-19)18-12-11(13(21)22)14-3-4-15-12;3-2(4,5)1(6)7/h3-5,7,9H,1-2,6H2,(H,15,18)(H,16,20)(H,21,22);(H,6,7). The number of rotatable bonds is 4. The molecule has 14 heteroatoms. The minimum atomic E-state index is -5.08. The van der Waals surface area contributed by atoms with Crippen molar-refractivity contribution in [2.45, 2.75) is 25.1 Å². The van der Waals surface area contributed by atoms with Crippen molar-refractivity contribution in [1.82, 2.24) is 25.1 Å². The molecular weight excluding hydrogens is 401 g/mol. The molecule has 3 heterocycles. The monoisotopic (exact) mass is 416 g/mol. The van der Waals surface area contributed by atoms with E-state index in [0.29, 0.717) is 18.7 Å². The number of carbonyl (C=O) groups excluding carboxylic acids is 1. The van der Waals surface area contributed by atoms with Gasteiger partial charge in [-0.2, -0.15) is 18.3 Å². The Morgan fingerprint density at radius 2 is 1.90 bits per heavy atom. The van der Waals surface area contributed by atoms with Gasteiger partial charge in [0, 0.05) is 31.6 Å². The number of carboxylic acid groups (broad SMARTS) is 2. The van der Waals surface area contributed by atoms with Gasteiger partial charge in [-0.1, -0.05) is 0 Å². The maximum atomic E-state index is 11.2. The number of carbonyl (C=O) groups is 3. The lowest BCUT2D eigenvalue weighted by atomic mass is 10.1. The number of nitrogens with zero attached hydrogens (tertiary/aromatic N) is 4. The molecule has 0 saturated carbocycles. The zero-order valence-electron chi connectivity index (χ0n) is 14.5. The summed E-state index contributed by atoms with van der Waals surface area (Å²) >= 11 is 0. The second-order valence-corrected chi connectivity index (χ2v) is 5.69. The van der Waals surface area contributed by atoms with E-state index in [2.05, 4.69) is 25.7 Å². The number of alkyl halides is 3. The highest BCUT2D eigenvalue weighted by Crippen LogP contribution is 2.21. The number of aliphatic carboxylic acids is 1. The smallest absolute Gasteiger partial charge is 0.476 e. The van der Waals surface area contributed by atoms with Gasteiger partial charge in [-0.15, -0.1) is 0 Å². The quantitative estimate of drug-likeness (QED) is 0.574. The molecule has 0 aliphatic carbocycles. The minimum absolute atomic E-state index is 0.0485. The molecule has 29 heavy (non-hydrogen) atoms. The Kier molecular flexibility index (Phi) is 6.69. The van der Waals surface area contributed by atoms with E-state index < -0.39 is 18.1 Å². The van der Waals surface area contributed by atoms with E-state index >= 15 is 0 Å². The number of amides is 1. The van der Waals surface area contributed by atoms with Gasteiger partial charge in [0.25, 0.3) is 0 Å². The normalized spacial score (nSPS) is 16.2. The first kappa shape index (κ1) is 21.6. The van der Waals surface area contributed by atoms with Crippen molar-refractivity contribution in [2.75, 3.05) is 11.9 Å². The first-order valence-corrected chi connectivity index (χ1v) is 8.00. The van der Waals surface area contributed by atoms with Crippen LogP contribution in [0, 0.1) is 0 Å². The summed E-state index contributed by atoms with van der Waals surface area (Å²) in [5.74, 6) is -3.70. The van der Waals surface area contributed by atoms with Crippen LogP contribution >= 0.6 is 0 Å². The van der Waals surface area contributed by atoms with Crippen LogP contribution in [-0.2, 0) is 9.59 Å². The van der Waals surface area contributed by atoms with Crippen molar-refractivity contribution in [1.29, 1.82) is 0 Å². The van der Waals surface area contributed by atoms with Gasteiger partial charge in [0.15, 0.2) is 11.5 Å². The topological polar surface area (TPSA) is 159 Å². The molecule has 0 aromatic carbocycles. The summed E-state index contributed by atoms with van der Waals surface area (Å²) in [4.78, 5) is 38.9. The fraction of sp³-hybridized carbons (Fsp3) is 0.333. The lowest BCUT2D eigenvalue weighted by molar-refractivity contribution is -0.192. The predicted molar refractivity (Wildman–Crippen MR) is 89.5 cm³/mol. The van der Waals surface area contributed by atoms with E-state index in [-0.39, 0.29) is 23.5 Å². The van der Waals surface area contributed by atoms with Gasteiger partial charge < -0.3 is 20.8 Å². The number of anilines is 2. The van der Waals surface area contributed by atoms with Gasteiger partial charge in [0.05, 0.1) is 17.9 Å². The first-order chi connectivity index (χ1) is 13.6. The van der Waals surface area contributed by atoms with E-state index in [1.165, 1.54) is 12.4 Å². The third-order valence-electron chi connectivity index (χ3n) is 3.62. The first-order valence-electron chi connectivity index (χ1n) is 8.00. The van der Waals surface area contributed by atoms with Crippen molar-refractivity contribution in [3.05, 3.63) is 30.5 Å². The summed E-state index contributed by atoms with van der Waals surface area (Å²) in [6, 6.07) is 0.0917. The van der Waals surface area contributed by atoms with Crippen LogP contribution in [0.3, 0.4) is 0 Å². The van der Waals surface area contributed by atoms with Gasteiger partial charge in [-0.05, 0) is 6.42 Å². The molecule has 1 aliphatic rings. The molecule has 3 rings (SSSR count). The molecule has 1 atom stereocenters. The molecule has 2 aromatic rings. The van der Waals surface area contributed by atoms with Crippen LogP contribution in [-0.4, -0.2) is 60.5 Å². The van der Waals surface area contributed by atoms with E-state index in [1.54, 1.807) is 17.1 Å². The molecule has 4 N–H and O–H groups in total. The molecule has 156 valence electrons. The maximum Gasteiger partial charge on any atom is 0.490 e. The van der Waals surface area contributed by atoms with Crippen LogP contribution in [0.5, 0.6) is 0 Å². The molecule has 0 spiro atoms. The van der Waals surface area contributed by atoms with Crippen LogP contribution in [0.4, 0.5) is 24.7 Å². The lowest BCUT2D eigenvalue weighted by Crippen LogP contribution is -2.36. The fourth-order valence-electron chi connectivity index (χ4n) is 2.27. The molecule has 11 nitrogen and oxygen atoms in total. The lowest BCUT2D eigenvalue weighted by Gasteiger charge is -2.22. The Morgan fingerprint density at radius 1 is 1.24 bits per heavy atom. The maximum absolute atomic E-state index is 11.2. The third-order valence-corrected chi connectivity index (χ3v) is 3.62. The second kappa shape index (κ2) is 8.99. The van der Waals surface area contributed by atoms with Gasteiger partial charge in [0.2, 0.25) is 5.91 Å². The number of hydrogen-bond donors (Lipinski definition) is 4. The zero-order chi connectivity index (χ0) is 21.6. The molecule has 1 aliphatic heterocycles. The Bertz CT molecular complexity index is 891. The molecule has 1 unspecified atom stereocenters. The summed E-state index contributed by atoms with van der Waals surface area (Å²) in [6.07, 6.45) is 2.18. The minimum Gasteiger partial charge on any atom is -0.476 e. The molecule has 0 radical (unpaired) electrons. The van der Waals surface area contributed by atoms with Crippen molar-refractivity contribution in [2.24, 2.45) is 0 Å². The van der Waals surface area contributed by atoms with Crippen LogP contribution in [0.25, 0.3) is 0 Å². The molecule has 2 aromatic heterocycles. The predicted octanol–water partition coefficient (Wildman–Crippen LogP) is 1.20. The van der Waals surface area contributed by atoms with Crippen LogP contribution in [0.2, 0.25) is 0 Å². The average molecular weight is 416 g/mol. The van der Waals surface area contributed by atoms with Crippen molar-refractivity contribution in [3.63, 3.8) is 0 Å². The molecule has 0 bridgehead atoms. The van der Waals surface area contributed by atoms with Crippen LogP contribution in [0.1, 0.15) is 29.4 Å². The number of piperidine rings is 1. The number of halogens is 3. The number of aromatic nitrogens is 4. The fourth-order valence-corrected chi connectivity index (χ4v) is 2.27. The molecule has 1 amide bonds. The largest absolute Gasteiger partial charge is 0.490 e. The number of aromatic carboxylic acids is 1. The number of hydrogen-bond acceptors (Lipinski definition) is 7. The summed E-state index contributed by atoms with van der Waals surface area (Å²) in [5, 5.41) is 26.1. The summed E-state index contributed by atoms with van der Waals surface area (Å²) in [5.41, 5.74) is 0.458. The van der Waals surface area contributed by atoms with Crippen LogP contribution < -0.4 is 10.6 Å². The van der Waals surface area contributed by atoms with E-state index in [4.69, 9.17) is 15.0 Å². The average Bonchev–Trinajstić information content (AvgIpc) is 3.11. The van der Waals surface area contributed by atoms with Gasteiger partial charge in [-0.25, -0.2) is 19.6 Å². The summed E-state index contributed by atoms with van der Waals surface area (Å²) in [7, 11) is 0. The summed E-state index contributed by atoms with van der Waals surface area (Å²) in [6.45, 7) is 0.533. The van der Waals surface area contributed by atoms with E-state index in [9.17, 15) is 22.8 Å². The van der Waals surface area contributed by atoms with E-state index in [0.717, 1.165) is 6.42 Å². The Balaban J connectivity index is 0.000000370. The summed E-state index contributed by atoms with van der Waals surface area (Å²) < 4.78 is 33.5. The molecule has 1 fully saturated rings. The highest BCUT2D eigenvalue weighted by Gasteiger charge is 2.38. The molecule has 1 saturated heterocycles. The second-order valence-electron chi connectivity index (χ2n) is 5.69. The van der Waals surface area contributed by atoms with Gasteiger partial charge in [0.1, 0.15) is 0 Å². The highest BCUT2D eigenvalue weighted by atomic mass is 19.4. The van der Waals surface area contributed by atoms with E-state index in [1.807, 2.05) is 0 Å². The SMILES string of the molecule is O=C(O)C(F)(F)F.O=C1CCC(n2cc(Nc3nccnc3C(=O)O)cn2)CN1. The Morgan fingerprint density at radius 3 is 2.45 bits per heavy atom. The zero-order valence-corrected chi connectivity index (χ0v) is 14.5. The van der Waals surface area contributed by atoms with Crippen molar-refractivity contribution < 1.29 is 37.8 Å².